The molecule has 4 rings (SSSR count). The van der Waals surface area contributed by atoms with Crippen molar-refractivity contribution in [2.75, 3.05) is 10.2 Å². The number of anilines is 2. The maximum absolute atomic E-state index is 15.2. The van der Waals surface area contributed by atoms with Crippen molar-refractivity contribution in [1.82, 2.24) is 0 Å². The number of imide groups is 1. The van der Waals surface area contributed by atoms with E-state index in [1.165, 1.54) is 54.5 Å². The number of alkyl halides is 5. The monoisotopic (exact) mass is 808 g/mol. The van der Waals surface area contributed by atoms with E-state index in [1.807, 2.05) is 0 Å². The van der Waals surface area contributed by atoms with E-state index in [1.54, 1.807) is 0 Å². The van der Waals surface area contributed by atoms with Crippen molar-refractivity contribution in [3.05, 3.63) is 92.8 Å². The van der Waals surface area contributed by atoms with Gasteiger partial charge in [0.2, 0.25) is 5.91 Å². The van der Waals surface area contributed by atoms with E-state index in [-0.39, 0.29) is 32.3 Å². The number of nitrogens with zero attached hydrogens (tertiary/aromatic N) is 1. The SMILES string of the molecule is Cc1cc(NC(=O)[C@H]2[C@H](c3ccc(F)c(C(F)(F)F)c3)C2(Cl)Cl)cc(C(=O)Cc2cc(N(C(=O)OC(C)(C)C)C(=O)OC(C)(C)C)c(F)cc2F)c1Cl. The van der Waals surface area contributed by atoms with Gasteiger partial charge in [-0.2, -0.15) is 18.1 Å². The van der Waals surface area contributed by atoms with Crippen LogP contribution >= 0.6 is 34.8 Å². The van der Waals surface area contributed by atoms with Crippen LogP contribution in [0.4, 0.5) is 47.3 Å². The Labute approximate surface area is 315 Å². The molecule has 286 valence electrons. The van der Waals surface area contributed by atoms with Gasteiger partial charge in [0.1, 0.15) is 27.2 Å². The summed E-state index contributed by atoms with van der Waals surface area (Å²) < 4.78 is 92.9. The molecular weight excluding hydrogens is 777 g/mol. The number of aryl methyl sites for hydroxylation is 1. The molecule has 0 aromatic heterocycles. The molecule has 1 aliphatic rings. The lowest BCUT2D eigenvalue weighted by molar-refractivity contribution is -0.140. The third kappa shape index (κ3) is 9.57. The Hall–Kier alpha value is -4.01. The first-order chi connectivity index (χ1) is 24.1. The lowest BCUT2D eigenvalue weighted by atomic mass is 9.99. The molecule has 0 unspecified atom stereocenters. The van der Waals surface area contributed by atoms with E-state index in [0.29, 0.717) is 18.2 Å². The second-order valence-corrected chi connectivity index (χ2v) is 16.1. The Morgan fingerprint density at radius 1 is 0.830 bits per heavy atom. The third-order valence-corrected chi connectivity index (χ3v) is 9.12. The molecule has 0 spiro atoms. The average Bonchev–Trinajstić information content (AvgIpc) is 3.56. The van der Waals surface area contributed by atoms with Gasteiger partial charge in [-0.05, 0) is 95.5 Å². The number of ether oxygens (including phenoxy) is 2. The van der Waals surface area contributed by atoms with Crippen molar-refractivity contribution >= 4 is 70.1 Å². The molecule has 0 saturated heterocycles. The minimum Gasteiger partial charge on any atom is -0.443 e. The summed E-state index contributed by atoms with van der Waals surface area (Å²) in [5.41, 5.74) is -5.20. The Morgan fingerprint density at radius 3 is 1.92 bits per heavy atom. The van der Waals surface area contributed by atoms with Crippen LogP contribution in [0.5, 0.6) is 0 Å². The zero-order valence-electron chi connectivity index (χ0n) is 29.2. The quantitative estimate of drug-likeness (QED) is 0.145. The summed E-state index contributed by atoms with van der Waals surface area (Å²) in [5, 5.41) is 2.40. The number of ketones is 1. The molecule has 3 aromatic rings. The van der Waals surface area contributed by atoms with Gasteiger partial charge in [-0.25, -0.2) is 22.8 Å². The summed E-state index contributed by atoms with van der Waals surface area (Å²) in [6, 6.07) is 5.81. The lowest BCUT2D eigenvalue weighted by Gasteiger charge is -2.29. The molecule has 8 nitrogen and oxygen atoms in total. The van der Waals surface area contributed by atoms with Gasteiger partial charge in [0, 0.05) is 29.7 Å². The number of carbonyl (C=O) groups excluding carboxylic acids is 4. The van der Waals surface area contributed by atoms with Crippen LogP contribution in [0.25, 0.3) is 0 Å². The second kappa shape index (κ2) is 14.7. The molecule has 0 radical (unpaired) electrons. The van der Waals surface area contributed by atoms with E-state index in [4.69, 9.17) is 44.3 Å². The molecule has 0 aliphatic heterocycles. The Morgan fingerprint density at radius 2 is 1.40 bits per heavy atom. The first-order valence-corrected chi connectivity index (χ1v) is 16.9. The fraction of sp³-hybridized carbons (Fsp3) is 0.389. The maximum Gasteiger partial charge on any atom is 0.424 e. The van der Waals surface area contributed by atoms with Crippen LogP contribution in [-0.4, -0.2) is 39.4 Å². The van der Waals surface area contributed by atoms with Gasteiger partial charge in [-0.1, -0.05) is 17.7 Å². The minimum absolute atomic E-state index is 0.0218. The predicted octanol–water partition coefficient (Wildman–Crippen LogP) is 10.7. The second-order valence-electron chi connectivity index (χ2n) is 14.3. The summed E-state index contributed by atoms with van der Waals surface area (Å²) in [6.07, 6.45) is -8.48. The van der Waals surface area contributed by atoms with Crippen LogP contribution in [0.3, 0.4) is 0 Å². The molecule has 3 aromatic carbocycles. The molecule has 3 amide bonds. The van der Waals surface area contributed by atoms with E-state index in [2.05, 4.69) is 5.32 Å². The summed E-state index contributed by atoms with van der Waals surface area (Å²) in [5.74, 6) is -8.22. The number of carbonyl (C=O) groups is 4. The number of rotatable bonds is 7. The van der Waals surface area contributed by atoms with E-state index in [0.717, 1.165) is 18.2 Å². The van der Waals surface area contributed by atoms with Crippen molar-refractivity contribution < 1.29 is 55.0 Å². The first-order valence-electron chi connectivity index (χ1n) is 15.7. The largest absolute Gasteiger partial charge is 0.443 e. The summed E-state index contributed by atoms with van der Waals surface area (Å²) >= 11 is 19.0. The molecule has 2 atom stereocenters. The molecule has 1 N–H and O–H groups in total. The molecule has 53 heavy (non-hydrogen) atoms. The Bertz CT molecular complexity index is 1960. The summed E-state index contributed by atoms with van der Waals surface area (Å²) in [4.78, 5) is 53.3. The Kier molecular flexibility index (Phi) is 11.6. The van der Waals surface area contributed by atoms with Gasteiger partial charge >= 0.3 is 18.4 Å². The standard InChI is InChI=1S/C36H33Cl3F6N2O6/c1-16-10-19(46-30(49)28-27(35(28,38)39)17-8-9-22(40)21(11-17)36(43,44)45)14-20(29(16)37)26(48)13-18-12-25(24(42)15-23(18)41)47(31(50)52-33(2,3)4)32(51)53-34(5,6)7/h8-12,14-15,27-28H,13H2,1-7H3,(H,46,49)/t27-,28+/m0/s1. The highest BCUT2D eigenvalue weighted by molar-refractivity contribution is 6.53. The van der Waals surface area contributed by atoms with E-state index < -0.39 is 98.1 Å². The fourth-order valence-electron chi connectivity index (χ4n) is 5.33. The third-order valence-electron chi connectivity index (χ3n) is 7.67. The summed E-state index contributed by atoms with van der Waals surface area (Å²) in [7, 11) is 0. The molecule has 1 fully saturated rings. The van der Waals surface area contributed by atoms with Crippen LogP contribution in [-0.2, 0) is 26.9 Å². The van der Waals surface area contributed by atoms with Gasteiger partial charge in [0.05, 0.1) is 22.2 Å². The molecule has 0 bridgehead atoms. The molecule has 17 heteroatoms. The van der Waals surface area contributed by atoms with Crippen molar-refractivity contribution in [2.45, 2.75) is 82.5 Å². The van der Waals surface area contributed by atoms with Crippen LogP contribution in [0.15, 0.2) is 42.5 Å². The van der Waals surface area contributed by atoms with Gasteiger partial charge in [-0.15, -0.1) is 23.2 Å². The zero-order chi connectivity index (χ0) is 40.2. The first kappa shape index (κ1) is 41.7. The number of benzene rings is 3. The van der Waals surface area contributed by atoms with Gasteiger partial charge in [0.25, 0.3) is 0 Å². The van der Waals surface area contributed by atoms with E-state index >= 15 is 8.78 Å². The van der Waals surface area contributed by atoms with Crippen LogP contribution in [0.2, 0.25) is 5.02 Å². The maximum atomic E-state index is 15.2. The normalized spacial score (nSPS) is 16.8. The highest BCUT2D eigenvalue weighted by atomic mass is 35.5. The number of hydrogen-bond acceptors (Lipinski definition) is 6. The van der Waals surface area contributed by atoms with Crippen molar-refractivity contribution in [3.8, 4) is 0 Å². The van der Waals surface area contributed by atoms with Gasteiger partial charge < -0.3 is 14.8 Å². The average molecular weight is 810 g/mol. The van der Waals surface area contributed by atoms with Crippen LogP contribution in [0.1, 0.15) is 80.1 Å². The molecule has 1 saturated carbocycles. The minimum atomic E-state index is -5.02. The Balaban J connectivity index is 1.63. The highest BCUT2D eigenvalue weighted by Crippen LogP contribution is 2.65. The number of hydrogen-bond donors (Lipinski definition) is 1. The predicted molar refractivity (Wildman–Crippen MR) is 186 cm³/mol. The number of Topliss-reactive ketones (excluding diaryl/α,β-unsaturated/α-hetero) is 1. The lowest BCUT2D eigenvalue weighted by Crippen LogP contribution is -2.44. The van der Waals surface area contributed by atoms with Gasteiger partial charge in [-0.3, -0.25) is 9.59 Å². The summed E-state index contributed by atoms with van der Waals surface area (Å²) in [6.45, 7) is 10.5. The number of halogens is 9. The molecule has 0 heterocycles. The van der Waals surface area contributed by atoms with E-state index in [9.17, 15) is 36.7 Å². The topological polar surface area (TPSA) is 102 Å². The number of nitrogens with one attached hydrogen (secondary N) is 1. The molecular formula is C36H33Cl3F6N2O6. The van der Waals surface area contributed by atoms with Crippen LogP contribution < -0.4 is 10.2 Å². The van der Waals surface area contributed by atoms with Crippen molar-refractivity contribution in [1.29, 1.82) is 0 Å². The van der Waals surface area contributed by atoms with Crippen molar-refractivity contribution in [3.63, 3.8) is 0 Å². The van der Waals surface area contributed by atoms with Gasteiger partial charge in [0.15, 0.2) is 11.6 Å². The highest BCUT2D eigenvalue weighted by Gasteiger charge is 2.67. The van der Waals surface area contributed by atoms with Crippen LogP contribution in [0, 0.1) is 30.3 Å². The number of amides is 3. The smallest absolute Gasteiger partial charge is 0.424 e. The van der Waals surface area contributed by atoms with Crippen molar-refractivity contribution in [2.24, 2.45) is 5.92 Å². The fourth-order valence-corrected chi connectivity index (χ4v) is 6.37. The zero-order valence-corrected chi connectivity index (χ0v) is 31.5. The molecule has 1 aliphatic carbocycles.